The van der Waals surface area contributed by atoms with E-state index in [-0.39, 0.29) is 6.04 Å². The van der Waals surface area contributed by atoms with Crippen molar-refractivity contribution in [2.24, 2.45) is 5.73 Å². The number of hydrogen-bond acceptors (Lipinski definition) is 4. The van der Waals surface area contributed by atoms with Crippen molar-refractivity contribution in [1.82, 2.24) is 4.90 Å². The van der Waals surface area contributed by atoms with Gasteiger partial charge in [0, 0.05) is 24.7 Å². The van der Waals surface area contributed by atoms with Crippen molar-refractivity contribution in [1.29, 1.82) is 0 Å². The fourth-order valence-electron chi connectivity index (χ4n) is 3.19. The lowest BCUT2D eigenvalue weighted by atomic mass is 10.0. The summed E-state index contributed by atoms with van der Waals surface area (Å²) in [6, 6.07) is 6.93. The van der Waals surface area contributed by atoms with Crippen molar-refractivity contribution < 1.29 is 9.47 Å². The smallest absolute Gasteiger partial charge is 0.122 e. The number of methoxy groups -OCH3 is 2. The predicted octanol–water partition coefficient (Wildman–Crippen LogP) is 2.58. The first kappa shape index (κ1) is 15.1. The highest BCUT2D eigenvalue weighted by Gasteiger charge is 2.30. The van der Waals surface area contributed by atoms with Crippen LogP contribution in [0.1, 0.15) is 37.8 Å². The first-order valence-corrected chi connectivity index (χ1v) is 7.42. The molecule has 0 aromatic heterocycles. The summed E-state index contributed by atoms with van der Waals surface area (Å²) in [6.07, 6.45) is 3.71. The molecule has 0 aliphatic carbocycles. The molecule has 2 unspecified atom stereocenters. The highest BCUT2D eigenvalue weighted by atomic mass is 16.5. The first-order chi connectivity index (χ1) is 9.73. The maximum atomic E-state index is 6.06. The van der Waals surface area contributed by atoms with Crippen LogP contribution in [0.2, 0.25) is 0 Å². The van der Waals surface area contributed by atoms with E-state index in [1.165, 1.54) is 24.8 Å². The number of nitrogens with zero attached hydrogens (tertiary/aromatic N) is 1. The van der Waals surface area contributed by atoms with E-state index in [0.717, 1.165) is 18.0 Å². The topological polar surface area (TPSA) is 47.7 Å². The standard InChI is InChI=1S/C16H26N2O2/c1-4-13-6-5-7-18(13)16(11-17)12-8-14(19-2)10-15(9-12)20-3/h8-10,13,16H,4-7,11,17H2,1-3H3. The molecule has 20 heavy (non-hydrogen) atoms. The summed E-state index contributed by atoms with van der Waals surface area (Å²) in [7, 11) is 3.36. The quantitative estimate of drug-likeness (QED) is 0.869. The van der Waals surface area contributed by atoms with Gasteiger partial charge in [-0.05, 0) is 43.5 Å². The molecule has 0 radical (unpaired) electrons. The Balaban J connectivity index is 2.30. The van der Waals surface area contributed by atoms with Crippen LogP contribution in [0, 0.1) is 0 Å². The summed E-state index contributed by atoms with van der Waals surface area (Å²) in [4.78, 5) is 2.54. The molecule has 0 amide bonds. The highest BCUT2D eigenvalue weighted by Crippen LogP contribution is 2.34. The minimum atomic E-state index is 0.242. The number of benzene rings is 1. The van der Waals surface area contributed by atoms with Crippen molar-refractivity contribution in [3.8, 4) is 11.5 Å². The van der Waals surface area contributed by atoms with Crippen LogP contribution >= 0.6 is 0 Å². The fourth-order valence-corrected chi connectivity index (χ4v) is 3.19. The van der Waals surface area contributed by atoms with Gasteiger partial charge in [0.05, 0.1) is 14.2 Å². The molecule has 4 heteroatoms. The molecule has 1 aliphatic heterocycles. The number of nitrogens with two attached hydrogens (primary N) is 1. The zero-order valence-electron chi connectivity index (χ0n) is 12.8. The van der Waals surface area contributed by atoms with Gasteiger partial charge in [-0.25, -0.2) is 0 Å². The Hall–Kier alpha value is -1.26. The molecule has 2 rings (SSSR count). The lowest BCUT2D eigenvalue weighted by molar-refractivity contribution is 0.180. The van der Waals surface area contributed by atoms with Crippen LogP contribution in [0.4, 0.5) is 0 Å². The van der Waals surface area contributed by atoms with Crippen LogP contribution in [-0.2, 0) is 0 Å². The van der Waals surface area contributed by atoms with Crippen molar-refractivity contribution in [2.75, 3.05) is 27.3 Å². The number of likely N-dealkylation sites (tertiary alicyclic amines) is 1. The number of ether oxygens (including phenoxy) is 2. The van der Waals surface area contributed by atoms with Gasteiger partial charge in [0.15, 0.2) is 0 Å². The molecule has 1 saturated heterocycles. The van der Waals surface area contributed by atoms with Crippen LogP contribution in [-0.4, -0.2) is 38.3 Å². The summed E-state index contributed by atoms with van der Waals surface area (Å²) in [5.74, 6) is 1.65. The van der Waals surface area contributed by atoms with E-state index in [0.29, 0.717) is 12.6 Å². The van der Waals surface area contributed by atoms with E-state index < -0.39 is 0 Å². The monoisotopic (exact) mass is 278 g/mol. The molecular weight excluding hydrogens is 252 g/mol. The highest BCUT2D eigenvalue weighted by molar-refractivity contribution is 5.40. The third kappa shape index (κ3) is 3.07. The molecule has 1 heterocycles. The van der Waals surface area contributed by atoms with E-state index in [9.17, 15) is 0 Å². The van der Waals surface area contributed by atoms with Gasteiger partial charge in [-0.2, -0.15) is 0 Å². The lowest BCUT2D eigenvalue weighted by Gasteiger charge is -2.32. The first-order valence-electron chi connectivity index (χ1n) is 7.42. The average molecular weight is 278 g/mol. The molecule has 0 bridgehead atoms. The fraction of sp³-hybridized carbons (Fsp3) is 0.625. The van der Waals surface area contributed by atoms with E-state index in [1.54, 1.807) is 14.2 Å². The van der Waals surface area contributed by atoms with Crippen LogP contribution in [0.3, 0.4) is 0 Å². The molecule has 2 N–H and O–H groups in total. The van der Waals surface area contributed by atoms with Gasteiger partial charge in [-0.15, -0.1) is 0 Å². The molecular formula is C16H26N2O2. The van der Waals surface area contributed by atoms with Gasteiger partial charge in [0.2, 0.25) is 0 Å². The Morgan fingerprint density at radius 2 is 1.90 bits per heavy atom. The third-order valence-electron chi connectivity index (χ3n) is 4.28. The third-order valence-corrected chi connectivity index (χ3v) is 4.28. The van der Waals surface area contributed by atoms with Crippen molar-refractivity contribution in [2.45, 2.75) is 38.3 Å². The minimum Gasteiger partial charge on any atom is -0.497 e. The Kier molecular flexibility index (Phi) is 5.26. The molecule has 2 atom stereocenters. The van der Waals surface area contributed by atoms with Crippen LogP contribution < -0.4 is 15.2 Å². The van der Waals surface area contributed by atoms with Crippen LogP contribution in [0.5, 0.6) is 11.5 Å². The zero-order valence-corrected chi connectivity index (χ0v) is 12.8. The Morgan fingerprint density at radius 1 is 1.25 bits per heavy atom. The largest absolute Gasteiger partial charge is 0.497 e. The average Bonchev–Trinajstić information content (AvgIpc) is 2.96. The maximum Gasteiger partial charge on any atom is 0.122 e. The van der Waals surface area contributed by atoms with E-state index in [1.807, 2.05) is 6.07 Å². The number of hydrogen-bond donors (Lipinski definition) is 1. The summed E-state index contributed by atoms with van der Waals surface area (Å²) >= 11 is 0. The molecule has 0 spiro atoms. The van der Waals surface area contributed by atoms with E-state index in [2.05, 4.69) is 24.0 Å². The van der Waals surface area contributed by atoms with Crippen molar-refractivity contribution in [3.63, 3.8) is 0 Å². The van der Waals surface area contributed by atoms with Gasteiger partial charge in [-0.1, -0.05) is 6.92 Å². The molecule has 1 fully saturated rings. The Bertz CT molecular complexity index is 414. The second-order valence-corrected chi connectivity index (χ2v) is 5.34. The van der Waals surface area contributed by atoms with Crippen molar-refractivity contribution >= 4 is 0 Å². The maximum absolute atomic E-state index is 6.06. The summed E-state index contributed by atoms with van der Waals surface area (Å²) < 4.78 is 10.7. The summed E-state index contributed by atoms with van der Waals surface area (Å²) in [5, 5.41) is 0. The van der Waals surface area contributed by atoms with Crippen LogP contribution in [0.25, 0.3) is 0 Å². The minimum absolute atomic E-state index is 0.242. The summed E-state index contributed by atoms with van der Waals surface area (Å²) in [6.45, 7) is 4.00. The van der Waals surface area contributed by atoms with Gasteiger partial charge in [0.1, 0.15) is 11.5 Å². The lowest BCUT2D eigenvalue weighted by Crippen LogP contribution is -2.37. The molecule has 1 aromatic carbocycles. The van der Waals surface area contributed by atoms with E-state index >= 15 is 0 Å². The SMILES string of the molecule is CCC1CCCN1C(CN)c1cc(OC)cc(OC)c1. The molecule has 4 nitrogen and oxygen atoms in total. The second kappa shape index (κ2) is 6.95. The van der Waals surface area contributed by atoms with E-state index in [4.69, 9.17) is 15.2 Å². The van der Waals surface area contributed by atoms with Gasteiger partial charge in [0.25, 0.3) is 0 Å². The van der Waals surface area contributed by atoms with Crippen molar-refractivity contribution in [3.05, 3.63) is 23.8 Å². The second-order valence-electron chi connectivity index (χ2n) is 5.34. The Labute approximate surface area is 121 Å². The molecule has 112 valence electrons. The van der Waals surface area contributed by atoms with Crippen LogP contribution in [0.15, 0.2) is 18.2 Å². The Morgan fingerprint density at radius 3 is 2.40 bits per heavy atom. The molecule has 1 aliphatic rings. The molecule has 1 aromatic rings. The predicted molar refractivity (Wildman–Crippen MR) is 81.4 cm³/mol. The van der Waals surface area contributed by atoms with Gasteiger partial charge in [-0.3, -0.25) is 4.90 Å². The van der Waals surface area contributed by atoms with Gasteiger partial charge >= 0.3 is 0 Å². The zero-order chi connectivity index (χ0) is 14.5. The van der Waals surface area contributed by atoms with Gasteiger partial charge < -0.3 is 15.2 Å². The number of rotatable bonds is 6. The molecule has 0 saturated carbocycles. The normalized spacial score (nSPS) is 20.9. The summed E-state index contributed by atoms with van der Waals surface area (Å²) in [5.41, 5.74) is 7.25.